The largest absolute Gasteiger partial charge is 0.496 e. The third-order valence-electron chi connectivity index (χ3n) is 2.05. The number of rotatable bonds is 3. The fourth-order valence-corrected chi connectivity index (χ4v) is 1.47. The maximum absolute atomic E-state index is 13.2. The summed E-state index contributed by atoms with van der Waals surface area (Å²) in [4.78, 5) is 11.8. The molecule has 0 fully saturated rings. The number of methoxy groups -OCH3 is 1. The Morgan fingerprint density at radius 3 is 2.53 bits per heavy atom. The highest BCUT2D eigenvalue weighted by molar-refractivity contribution is 6.34. The van der Waals surface area contributed by atoms with Gasteiger partial charge in [0.15, 0.2) is 5.78 Å². The summed E-state index contributed by atoms with van der Waals surface area (Å²) >= 11 is 5.74. The Bertz CT molecular complexity index is 388. The maximum atomic E-state index is 13.2. The summed E-state index contributed by atoms with van der Waals surface area (Å²) in [5, 5.41) is -0.173. The second-order valence-electron chi connectivity index (χ2n) is 3.46. The number of halogens is 2. The lowest BCUT2D eigenvalue weighted by Crippen LogP contribution is -2.10. The Kier molecular flexibility index (Phi) is 3.69. The van der Waals surface area contributed by atoms with Gasteiger partial charge in [0, 0.05) is 5.92 Å². The smallest absolute Gasteiger partial charge is 0.170 e. The zero-order valence-electron chi connectivity index (χ0n) is 8.80. The lowest BCUT2D eigenvalue weighted by molar-refractivity contribution is 0.0936. The van der Waals surface area contributed by atoms with Crippen molar-refractivity contribution in [2.75, 3.05) is 7.11 Å². The lowest BCUT2D eigenvalue weighted by Gasteiger charge is -2.11. The normalized spacial score (nSPS) is 10.5. The number of carbonyl (C=O) groups is 1. The van der Waals surface area contributed by atoms with E-state index in [0.29, 0.717) is 5.75 Å². The average Bonchev–Trinajstić information content (AvgIpc) is 2.20. The van der Waals surface area contributed by atoms with E-state index in [4.69, 9.17) is 16.3 Å². The molecule has 0 unspecified atom stereocenters. The molecule has 0 saturated heterocycles. The van der Waals surface area contributed by atoms with E-state index in [1.165, 1.54) is 19.2 Å². The number of hydrogen-bond acceptors (Lipinski definition) is 2. The van der Waals surface area contributed by atoms with Crippen molar-refractivity contribution in [3.63, 3.8) is 0 Å². The van der Waals surface area contributed by atoms with Gasteiger partial charge in [-0.2, -0.15) is 0 Å². The minimum Gasteiger partial charge on any atom is -0.496 e. The van der Waals surface area contributed by atoms with Gasteiger partial charge in [-0.25, -0.2) is 4.39 Å². The third kappa shape index (κ3) is 2.29. The van der Waals surface area contributed by atoms with Crippen molar-refractivity contribution in [3.8, 4) is 5.75 Å². The number of benzene rings is 1. The lowest BCUT2D eigenvalue weighted by atomic mass is 10.00. The van der Waals surface area contributed by atoms with Crippen LogP contribution in [0.1, 0.15) is 24.2 Å². The molecule has 0 amide bonds. The SMILES string of the molecule is COc1ccc(F)c(Cl)c1C(=O)C(C)C. The summed E-state index contributed by atoms with van der Waals surface area (Å²) in [6.07, 6.45) is 0. The Hall–Kier alpha value is -1.09. The van der Waals surface area contributed by atoms with Gasteiger partial charge in [0.05, 0.1) is 17.7 Å². The van der Waals surface area contributed by atoms with Crippen LogP contribution in [0.15, 0.2) is 12.1 Å². The quantitative estimate of drug-likeness (QED) is 0.745. The molecule has 0 heterocycles. The summed E-state index contributed by atoms with van der Waals surface area (Å²) in [5.41, 5.74) is 0.120. The van der Waals surface area contributed by atoms with E-state index < -0.39 is 5.82 Å². The summed E-state index contributed by atoms with van der Waals surface area (Å²) < 4.78 is 18.2. The van der Waals surface area contributed by atoms with E-state index in [0.717, 1.165) is 0 Å². The minimum absolute atomic E-state index is 0.120. The van der Waals surface area contributed by atoms with Crippen molar-refractivity contribution in [1.82, 2.24) is 0 Å². The molecule has 4 heteroatoms. The number of hydrogen-bond donors (Lipinski definition) is 0. The Balaban J connectivity index is 3.36. The molecule has 15 heavy (non-hydrogen) atoms. The molecule has 0 aliphatic heterocycles. The molecule has 0 N–H and O–H groups in total. The van der Waals surface area contributed by atoms with E-state index in [1.807, 2.05) is 0 Å². The summed E-state index contributed by atoms with van der Waals surface area (Å²) in [5.74, 6) is -0.781. The molecule has 82 valence electrons. The average molecular weight is 231 g/mol. The number of carbonyl (C=O) groups excluding carboxylic acids is 1. The first-order valence-electron chi connectivity index (χ1n) is 4.55. The molecule has 2 nitrogen and oxygen atoms in total. The monoisotopic (exact) mass is 230 g/mol. The zero-order chi connectivity index (χ0) is 11.6. The Morgan fingerprint density at radius 1 is 1.47 bits per heavy atom. The van der Waals surface area contributed by atoms with Gasteiger partial charge in [-0.05, 0) is 12.1 Å². The van der Waals surface area contributed by atoms with Gasteiger partial charge in [-0.15, -0.1) is 0 Å². The van der Waals surface area contributed by atoms with Gasteiger partial charge in [-0.1, -0.05) is 25.4 Å². The minimum atomic E-state index is -0.610. The van der Waals surface area contributed by atoms with Crippen LogP contribution in [0.2, 0.25) is 5.02 Å². The molecule has 0 radical (unpaired) electrons. The Morgan fingerprint density at radius 2 is 2.07 bits per heavy atom. The van der Waals surface area contributed by atoms with E-state index in [9.17, 15) is 9.18 Å². The van der Waals surface area contributed by atoms with Crippen molar-refractivity contribution in [3.05, 3.63) is 28.5 Å². The van der Waals surface area contributed by atoms with Gasteiger partial charge in [0.25, 0.3) is 0 Å². The van der Waals surface area contributed by atoms with Crippen LogP contribution in [0.4, 0.5) is 4.39 Å². The van der Waals surface area contributed by atoms with Crippen molar-refractivity contribution in [2.24, 2.45) is 5.92 Å². The molecular formula is C11H12ClFO2. The molecular weight excluding hydrogens is 219 g/mol. The van der Waals surface area contributed by atoms with Gasteiger partial charge < -0.3 is 4.74 Å². The standard InChI is InChI=1S/C11H12ClFO2/c1-6(2)11(14)9-8(15-3)5-4-7(13)10(9)12/h4-6H,1-3H3. The molecule has 0 spiro atoms. The maximum Gasteiger partial charge on any atom is 0.170 e. The second kappa shape index (κ2) is 4.62. The Labute approximate surface area is 93.0 Å². The first-order valence-corrected chi connectivity index (χ1v) is 4.93. The van der Waals surface area contributed by atoms with Crippen LogP contribution in [0.5, 0.6) is 5.75 Å². The zero-order valence-corrected chi connectivity index (χ0v) is 9.56. The molecule has 0 aliphatic rings. The van der Waals surface area contributed by atoms with Crippen LogP contribution in [-0.2, 0) is 0 Å². The molecule has 1 aromatic rings. The third-order valence-corrected chi connectivity index (χ3v) is 2.42. The van der Waals surface area contributed by atoms with Crippen molar-refractivity contribution in [2.45, 2.75) is 13.8 Å². The molecule has 0 atom stereocenters. The topological polar surface area (TPSA) is 26.3 Å². The van der Waals surface area contributed by atoms with Crippen LogP contribution in [0, 0.1) is 11.7 Å². The molecule has 0 aliphatic carbocycles. The molecule has 0 aromatic heterocycles. The highest BCUT2D eigenvalue weighted by Crippen LogP contribution is 2.30. The number of Topliss-reactive ketones (excluding diaryl/α,β-unsaturated/α-hetero) is 1. The molecule has 1 aromatic carbocycles. The number of ether oxygens (including phenoxy) is 1. The van der Waals surface area contributed by atoms with Crippen molar-refractivity contribution >= 4 is 17.4 Å². The van der Waals surface area contributed by atoms with E-state index >= 15 is 0 Å². The van der Waals surface area contributed by atoms with Crippen LogP contribution in [0.25, 0.3) is 0 Å². The summed E-state index contributed by atoms with van der Waals surface area (Å²) in [7, 11) is 1.42. The number of ketones is 1. The first-order chi connectivity index (χ1) is 6.99. The van der Waals surface area contributed by atoms with Crippen molar-refractivity contribution < 1.29 is 13.9 Å². The fraction of sp³-hybridized carbons (Fsp3) is 0.364. The summed E-state index contributed by atoms with van der Waals surface area (Å²) in [6.45, 7) is 3.45. The fourth-order valence-electron chi connectivity index (χ4n) is 1.22. The first kappa shape index (κ1) is 12.0. The highest BCUT2D eigenvalue weighted by atomic mass is 35.5. The van der Waals surface area contributed by atoms with Gasteiger partial charge in [-0.3, -0.25) is 4.79 Å². The van der Waals surface area contributed by atoms with Crippen LogP contribution in [-0.4, -0.2) is 12.9 Å². The van der Waals surface area contributed by atoms with Gasteiger partial charge in [0.2, 0.25) is 0 Å². The van der Waals surface area contributed by atoms with Crippen LogP contribution in [0.3, 0.4) is 0 Å². The van der Waals surface area contributed by atoms with E-state index in [2.05, 4.69) is 0 Å². The predicted molar refractivity (Wildman–Crippen MR) is 57.1 cm³/mol. The molecule has 1 rings (SSSR count). The molecule has 0 saturated carbocycles. The van der Waals surface area contributed by atoms with Crippen LogP contribution >= 0.6 is 11.6 Å². The second-order valence-corrected chi connectivity index (χ2v) is 3.84. The molecule has 0 bridgehead atoms. The van der Waals surface area contributed by atoms with E-state index in [-0.39, 0.29) is 22.3 Å². The van der Waals surface area contributed by atoms with Gasteiger partial charge >= 0.3 is 0 Å². The van der Waals surface area contributed by atoms with Crippen molar-refractivity contribution in [1.29, 1.82) is 0 Å². The van der Waals surface area contributed by atoms with Gasteiger partial charge in [0.1, 0.15) is 11.6 Å². The van der Waals surface area contributed by atoms with E-state index in [1.54, 1.807) is 13.8 Å². The predicted octanol–water partition coefficient (Wildman–Crippen LogP) is 3.33. The summed E-state index contributed by atoms with van der Waals surface area (Å²) in [6, 6.07) is 2.58. The van der Waals surface area contributed by atoms with Crippen LogP contribution < -0.4 is 4.74 Å². The highest BCUT2D eigenvalue weighted by Gasteiger charge is 2.21.